The molecule has 1 fully saturated rings. The van der Waals surface area contributed by atoms with Crippen LogP contribution < -0.4 is 0 Å². The summed E-state index contributed by atoms with van der Waals surface area (Å²) in [5, 5.41) is 13.1. The van der Waals surface area contributed by atoms with E-state index in [1.54, 1.807) is 0 Å². The van der Waals surface area contributed by atoms with E-state index in [1.165, 1.54) is 18.4 Å². The van der Waals surface area contributed by atoms with E-state index < -0.39 is 0 Å². The van der Waals surface area contributed by atoms with E-state index >= 15 is 0 Å². The highest BCUT2D eigenvalue weighted by Gasteiger charge is 2.34. The lowest BCUT2D eigenvalue weighted by atomic mass is 10.1. The highest BCUT2D eigenvalue weighted by atomic mass is 35.5. The summed E-state index contributed by atoms with van der Waals surface area (Å²) < 4.78 is 1.82. The first-order valence-electron chi connectivity index (χ1n) is 8.56. The number of hydrogen-bond acceptors (Lipinski definition) is 4. The molecule has 0 amide bonds. The molecule has 0 spiro atoms. The van der Waals surface area contributed by atoms with Crippen LogP contribution in [0.5, 0.6) is 0 Å². The lowest BCUT2D eigenvalue weighted by Gasteiger charge is -2.29. The molecule has 128 valence electrons. The Morgan fingerprint density at radius 3 is 2.52 bits per heavy atom. The first-order chi connectivity index (χ1) is 12.2. The van der Waals surface area contributed by atoms with Gasteiger partial charge in [0, 0.05) is 17.1 Å². The molecule has 0 radical (unpaired) electrons. The SMILES string of the molecule is CC(c1ccc(Cl)cc1)N(Cc1nnnn1-c1ccccc1)C1CC1. The third kappa shape index (κ3) is 3.57. The second-order valence-corrected chi connectivity index (χ2v) is 6.91. The molecule has 0 aliphatic heterocycles. The molecule has 0 bridgehead atoms. The summed E-state index contributed by atoms with van der Waals surface area (Å²) >= 11 is 6.03. The summed E-state index contributed by atoms with van der Waals surface area (Å²) in [6, 6.07) is 19.0. The molecule has 1 heterocycles. The van der Waals surface area contributed by atoms with E-state index in [2.05, 4.69) is 39.5 Å². The average Bonchev–Trinajstić information content (AvgIpc) is 3.38. The maximum Gasteiger partial charge on any atom is 0.170 e. The molecule has 1 unspecified atom stereocenters. The van der Waals surface area contributed by atoms with Gasteiger partial charge in [-0.25, -0.2) is 0 Å². The van der Waals surface area contributed by atoms with Crippen LogP contribution in [0.15, 0.2) is 54.6 Å². The highest BCUT2D eigenvalue weighted by molar-refractivity contribution is 6.30. The lowest BCUT2D eigenvalue weighted by molar-refractivity contribution is 0.184. The molecule has 2 aromatic carbocycles. The fraction of sp³-hybridized carbons (Fsp3) is 0.316. The Labute approximate surface area is 152 Å². The van der Waals surface area contributed by atoms with Gasteiger partial charge in [-0.15, -0.1) is 5.10 Å². The Morgan fingerprint density at radius 1 is 1.12 bits per heavy atom. The van der Waals surface area contributed by atoms with Gasteiger partial charge in [0.25, 0.3) is 0 Å². The Balaban J connectivity index is 1.59. The van der Waals surface area contributed by atoms with E-state index in [0.29, 0.717) is 6.04 Å². The molecule has 4 rings (SSSR count). The zero-order valence-corrected chi connectivity index (χ0v) is 14.8. The van der Waals surface area contributed by atoms with E-state index in [1.807, 2.05) is 47.1 Å². The van der Waals surface area contributed by atoms with Crippen LogP contribution in [-0.4, -0.2) is 31.1 Å². The van der Waals surface area contributed by atoms with Gasteiger partial charge in [0.15, 0.2) is 5.82 Å². The van der Waals surface area contributed by atoms with Gasteiger partial charge in [-0.2, -0.15) is 4.68 Å². The van der Waals surface area contributed by atoms with E-state index in [9.17, 15) is 0 Å². The third-order valence-corrected chi connectivity index (χ3v) is 4.98. The number of tetrazole rings is 1. The second-order valence-electron chi connectivity index (χ2n) is 6.47. The van der Waals surface area contributed by atoms with Crippen molar-refractivity contribution >= 4 is 11.6 Å². The van der Waals surface area contributed by atoms with Crippen molar-refractivity contribution < 1.29 is 0 Å². The fourth-order valence-corrected chi connectivity index (χ4v) is 3.28. The predicted molar refractivity (Wildman–Crippen MR) is 97.6 cm³/mol. The number of para-hydroxylation sites is 1. The number of halogens is 1. The zero-order chi connectivity index (χ0) is 17.2. The predicted octanol–water partition coefficient (Wildman–Crippen LogP) is 4.04. The van der Waals surface area contributed by atoms with Gasteiger partial charge in [0.1, 0.15) is 0 Å². The number of hydrogen-bond donors (Lipinski definition) is 0. The van der Waals surface area contributed by atoms with Gasteiger partial charge in [0.05, 0.1) is 12.2 Å². The molecule has 1 aromatic heterocycles. The minimum atomic E-state index is 0.283. The van der Waals surface area contributed by atoms with Gasteiger partial charge in [-0.1, -0.05) is 41.9 Å². The molecule has 6 heteroatoms. The summed E-state index contributed by atoms with van der Waals surface area (Å²) in [7, 11) is 0. The molecule has 1 aliphatic rings. The fourth-order valence-electron chi connectivity index (χ4n) is 3.16. The van der Waals surface area contributed by atoms with Crippen LogP contribution in [0.25, 0.3) is 5.69 Å². The van der Waals surface area contributed by atoms with E-state index in [-0.39, 0.29) is 6.04 Å². The number of benzene rings is 2. The first-order valence-corrected chi connectivity index (χ1v) is 8.94. The molecule has 0 saturated heterocycles. The van der Waals surface area contributed by atoms with Crippen LogP contribution in [0, 0.1) is 0 Å². The molecular weight excluding hydrogens is 334 g/mol. The van der Waals surface area contributed by atoms with Crippen LogP contribution >= 0.6 is 11.6 Å². The molecule has 1 aliphatic carbocycles. The summed E-state index contributed by atoms with van der Waals surface area (Å²) in [6.45, 7) is 2.95. The topological polar surface area (TPSA) is 46.8 Å². The maximum atomic E-state index is 6.03. The monoisotopic (exact) mass is 353 g/mol. The van der Waals surface area contributed by atoms with Crippen molar-refractivity contribution in [2.45, 2.75) is 38.4 Å². The Bertz CT molecular complexity index is 827. The Kier molecular flexibility index (Phi) is 4.51. The number of rotatable bonds is 6. The summed E-state index contributed by atoms with van der Waals surface area (Å²) in [5.41, 5.74) is 2.24. The van der Waals surface area contributed by atoms with Crippen LogP contribution in [0.1, 0.15) is 37.2 Å². The van der Waals surface area contributed by atoms with Crippen molar-refractivity contribution in [3.8, 4) is 5.69 Å². The minimum absolute atomic E-state index is 0.283. The Morgan fingerprint density at radius 2 is 1.84 bits per heavy atom. The van der Waals surface area contributed by atoms with Gasteiger partial charge in [-0.05, 0) is 60.0 Å². The maximum absolute atomic E-state index is 6.03. The molecule has 0 N–H and O–H groups in total. The van der Waals surface area contributed by atoms with Crippen molar-refractivity contribution in [3.05, 3.63) is 71.0 Å². The van der Waals surface area contributed by atoms with Crippen molar-refractivity contribution in [2.24, 2.45) is 0 Å². The molecule has 1 saturated carbocycles. The van der Waals surface area contributed by atoms with Crippen LogP contribution in [-0.2, 0) is 6.54 Å². The molecular formula is C19H20ClN5. The molecule has 5 nitrogen and oxygen atoms in total. The first kappa shape index (κ1) is 16.2. The molecule has 1 atom stereocenters. The second kappa shape index (κ2) is 6.94. The van der Waals surface area contributed by atoms with Crippen molar-refractivity contribution in [2.75, 3.05) is 0 Å². The standard InChI is InChI=1S/C19H20ClN5/c1-14(15-7-9-16(20)10-8-15)24(17-11-12-17)13-19-21-22-23-25(19)18-5-3-2-4-6-18/h2-10,14,17H,11-13H2,1H3. The third-order valence-electron chi connectivity index (χ3n) is 4.72. The van der Waals surface area contributed by atoms with Gasteiger partial charge in [-0.3, -0.25) is 4.90 Å². The minimum Gasteiger partial charge on any atom is -0.286 e. The zero-order valence-electron chi connectivity index (χ0n) is 14.1. The number of nitrogens with zero attached hydrogens (tertiary/aromatic N) is 5. The van der Waals surface area contributed by atoms with Crippen LogP contribution in [0.2, 0.25) is 5.02 Å². The average molecular weight is 354 g/mol. The van der Waals surface area contributed by atoms with Crippen molar-refractivity contribution in [3.63, 3.8) is 0 Å². The lowest BCUT2D eigenvalue weighted by Crippen LogP contribution is -2.30. The Hall–Kier alpha value is -2.24. The van der Waals surface area contributed by atoms with Gasteiger partial charge in [0.2, 0.25) is 0 Å². The summed E-state index contributed by atoms with van der Waals surface area (Å²) in [6.07, 6.45) is 2.45. The normalized spacial score (nSPS) is 15.5. The number of aromatic nitrogens is 4. The van der Waals surface area contributed by atoms with E-state index in [4.69, 9.17) is 11.6 Å². The van der Waals surface area contributed by atoms with E-state index in [0.717, 1.165) is 23.1 Å². The summed E-state index contributed by atoms with van der Waals surface area (Å²) in [4.78, 5) is 2.48. The van der Waals surface area contributed by atoms with Gasteiger partial charge < -0.3 is 0 Å². The van der Waals surface area contributed by atoms with Gasteiger partial charge >= 0.3 is 0 Å². The quantitative estimate of drug-likeness (QED) is 0.671. The molecule has 3 aromatic rings. The smallest absolute Gasteiger partial charge is 0.170 e. The van der Waals surface area contributed by atoms with Crippen LogP contribution in [0.4, 0.5) is 0 Å². The van der Waals surface area contributed by atoms with Crippen molar-refractivity contribution in [1.29, 1.82) is 0 Å². The van der Waals surface area contributed by atoms with Crippen LogP contribution in [0.3, 0.4) is 0 Å². The highest BCUT2D eigenvalue weighted by Crippen LogP contribution is 2.35. The molecule has 25 heavy (non-hydrogen) atoms. The largest absolute Gasteiger partial charge is 0.286 e. The van der Waals surface area contributed by atoms with Crippen molar-refractivity contribution in [1.82, 2.24) is 25.1 Å². The summed E-state index contributed by atoms with van der Waals surface area (Å²) in [5.74, 6) is 0.860.